The van der Waals surface area contributed by atoms with Crippen molar-refractivity contribution in [2.75, 3.05) is 5.32 Å². The molecule has 0 amide bonds. The van der Waals surface area contributed by atoms with E-state index in [9.17, 15) is 0 Å². The van der Waals surface area contributed by atoms with E-state index < -0.39 is 0 Å². The molecule has 29 heavy (non-hydrogen) atoms. The minimum atomic E-state index is -0.0440. The maximum atomic E-state index is 6.15. The molecule has 156 valence electrons. The highest BCUT2D eigenvalue weighted by atomic mass is 16.5. The van der Waals surface area contributed by atoms with Crippen LogP contribution in [-0.2, 0) is 13.0 Å². The Bertz CT molecular complexity index is 936. The zero-order valence-corrected chi connectivity index (χ0v) is 18.7. The van der Waals surface area contributed by atoms with E-state index in [0.717, 1.165) is 47.7 Å². The third-order valence-corrected chi connectivity index (χ3v) is 4.84. The van der Waals surface area contributed by atoms with Crippen molar-refractivity contribution in [3.63, 3.8) is 0 Å². The molecule has 0 spiro atoms. The lowest BCUT2D eigenvalue weighted by molar-refractivity contribution is 0.301. The van der Waals surface area contributed by atoms with Crippen molar-refractivity contribution in [3.05, 3.63) is 59.9 Å². The van der Waals surface area contributed by atoms with E-state index >= 15 is 0 Å². The van der Waals surface area contributed by atoms with Crippen LogP contribution >= 0.6 is 0 Å². The van der Waals surface area contributed by atoms with Gasteiger partial charge in [0.2, 0.25) is 0 Å². The Morgan fingerprint density at radius 2 is 1.72 bits per heavy atom. The summed E-state index contributed by atoms with van der Waals surface area (Å²) in [5.74, 6) is 1.90. The van der Waals surface area contributed by atoms with Gasteiger partial charge in [-0.3, -0.25) is 4.40 Å². The predicted octanol–water partition coefficient (Wildman–Crippen LogP) is 6.49. The van der Waals surface area contributed by atoms with Gasteiger partial charge in [-0.25, -0.2) is 4.98 Å². The number of hydrogen-bond donors (Lipinski definition) is 1. The second-order valence-electron chi connectivity index (χ2n) is 9.74. The molecule has 1 aromatic carbocycles. The highest BCUT2D eigenvalue weighted by Crippen LogP contribution is 2.33. The molecule has 2 heterocycles. The number of pyridine rings is 1. The van der Waals surface area contributed by atoms with E-state index in [1.54, 1.807) is 0 Å². The number of aromatic nitrogens is 2. The summed E-state index contributed by atoms with van der Waals surface area (Å²) in [6.45, 7) is 14.1. The first-order valence-electron chi connectivity index (χ1n) is 10.6. The molecule has 0 saturated carbocycles. The van der Waals surface area contributed by atoms with E-state index in [-0.39, 0.29) is 11.0 Å². The van der Waals surface area contributed by atoms with Gasteiger partial charge in [-0.2, -0.15) is 0 Å². The van der Waals surface area contributed by atoms with E-state index in [1.807, 2.05) is 30.3 Å². The lowest BCUT2D eigenvalue weighted by Crippen LogP contribution is -2.36. The van der Waals surface area contributed by atoms with Crippen LogP contribution in [-0.4, -0.2) is 14.9 Å². The lowest BCUT2D eigenvalue weighted by atomic mass is 9.82. The van der Waals surface area contributed by atoms with E-state index in [0.29, 0.717) is 6.61 Å². The number of ether oxygens (including phenoxy) is 1. The fraction of sp³-hybridized carbons (Fsp3) is 0.480. The number of fused-ring (bicyclic) bond motifs is 1. The fourth-order valence-corrected chi connectivity index (χ4v) is 4.17. The monoisotopic (exact) mass is 393 g/mol. The molecule has 0 unspecified atom stereocenters. The summed E-state index contributed by atoms with van der Waals surface area (Å²) >= 11 is 0. The standard InChI is InChI=1S/C25H35N3O/c1-7-12-20-22(27-25(5,6)18-24(2,3)4)28-16-11-15-21(23(28)26-20)29-17-19-13-9-8-10-14-19/h8-11,13-16,27H,7,12,17-18H2,1-6H3. The third kappa shape index (κ3) is 5.53. The van der Waals surface area contributed by atoms with Crippen LogP contribution in [0.4, 0.5) is 5.82 Å². The van der Waals surface area contributed by atoms with Gasteiger partial charge >= 0.3 is 0 Å². The molecule has 3 aromatic rings. The lowest BCUT2D eigenvalue weighted by Gasteiger charge is -2.34. The highest BCUT2D eigenvalue weighted by molar-refractivity contribution is 5.63. The minimum absolute atomic E-state index is 0.0440. The van der Waals surface area contributed by atoms with Crippen LogP contribution in [0.1, 0.15) is 65.6 Å². The van der Waals surface area contributed by atoms with Crippen molar-refractivity contribution in [2.24, 2.45) is 5.41 Å². The predicted molar refractivity (Wildman–Crippen MR) is 122 cm³/mol. The van der Waals surface area contributed by atoms with Crippen LogP contribution in [0.25, 0.3) is 5.65 Å². The Labute approximate surface area is 175 Å². The van der Waals surface area contributed by atoms with Crippen molar-refractivity contribution in [3.8, 4) is 5.75 Å². The summed E-state index contributed by atoms with van der Waals surface area (Å²) in [5, 5.41) is 3.80. The Morgan fingerprint density at radius 3 is 2.38 bits per heavy atom. The van der Waals surface area contributed by atoms with Crippen LogP contribution in [0.2, 0.25) is 0 Å². The first kappa shape index (κ1) is 21.2. The van der Waals surface area contributed by atoms with Crippen molar-refractivity contribution >= 4 is 11.5 Å². The summed E-state index contributed by atoms with van der Waals surface area (Å²) in [6.07, 6.45) is 5.13. The summed E-state index contributed by atoms with van der Waals surface area (Å²) in [7, 11) is 0. The average molecular weight is 394 g/mol. The van der Waals surface area contributed by atoms with Crippen LogP contribution in [0.15, 0.2) is 48.7 Å². The summed E-state index contributed by atoms with van der Waals surface area (Å²) in [5.41, 5.74) is 3.33. The van der Waals surface area contributed by atoms with Gasteiger partial charge in [0.25, 0.3) is 0 Å². The fourth-order valence-electron chi connectivity index (χ4n) is 4.17. The van der Waals surface area contributed by atoms with Gasteiger partial charge in [-0.15, -0.1) is 0 Å². The minimum Gasteiger partial charge on any atom is -0.485 e. The molecule has 0 atom stereocenters. The SMILES string of the molecule is CCCc1nc2c(OCc3ccccc3)cccn2c1NC(C)(C)CC(C)(C)C. The quantitative estimate of drug-likeness (QED) is 0.475. The molecule has 0 aliphatic rings. The molecule has 0 aliphatic carbocycles. The number of imidazole rings is 1. The van der Waals surface area contributed by atoms with Gasteiger partial charge in [-0.1, -0.05) is 64.4 Å². The van der Waals surface area contributed by atoms with Crippen LogP contribution in [0.5, 0.6) is 5.75 Å². The topological polar surface area (TPSA) is 38.6 Å². The first-order valence-corrected chi connectivity index (χ1v) is 10.6. The average Bonchev–Trinajstić information content (AvgIpc) is 2.96. The van der Waals surface area contributed by atoms with Crippen molar-refractivity contribution < 1.29 is 4.74 Å². The highest BCUT2D eigenvalue weighted by Gasteiger charge is 2.28. The number of benzene rings is 1. The molecule has 0 fully saturated rings. The number of anilines is 1. The number of aryl methyl sites for hydroxylation is 1. The van der Waals surface area contributed by atoms with Crippen molar-refractivity contribution in [1.29, 1.82) is 0 Å². The van der Waals surface area contributed by atoms with Gasteiger partial charge in [0, 0.05) is 11.7 Å². The normalized spacial score (nSPS) is 12.3. The molecular formula is C25H35N3O. The Hall–Kier alpha value is -2.49. The largest absolute Gasteiger partial charge is 0.485 e. The number of nitrogens with zero attached hydrogens (tertiary/aromatic N) is 2. The molecule has 4 nitrogen and oxygen atoms in total. The maximum absolute atomic E-state index is 6.15. The Balaban J connectivity index is 1.94. The first-order chi connectivity index (χ1) is 13.7. The molecule has 0 aliphatic heterocycles. The van der Waals surface area contributed by atoms with Gasteiger partial charge in [0.05, 0.1) is 5.69 Å². The smallest absolute Gasteiger partial charge is 0.181 e. The zero-order valence-electron chi connectivity index (χ0n) is 18.7. The molecule has 0 bridgehead atoms. The molecular weight excluding hydrogens is 358 g/mol. The number of rotatable bonds is 8. The van der Waals surface area contributed by atoms with Gasteiger partial charge in [0.1, 0.15) is 12.4 Å². The molecule has 0 saturated heterocycles. The molecule has 0 radical (unpaired) electrons. The van der Waals surface area contributed by atoms with Gasteiger partial charge < -0.3 is 10.1 Å². The molecule has 2 aromatic heterocycles. The number of hydrogen-bond acceptors (Lipinski definition) is 3. The third-order valence-electron chi connectivity index (χ3n) is 4.84. The van der Waals surface area contributed by atoms with E-state index in [2.05, 4.69) is 69.6 Å². The van der Waals surface area contributed by atoms with Crippen molar-refractivity contribution in [2.45, 2.75) is 73.0 Å². The van der Waals surface area contributed by atoms with Crippen LogP contribution in [0.3, 0.4) is 0 Å². The summed E-state index contributed by atoms with van der Waals surface area (Å²) in [6, 6.07) is 14.3. The number of nitrogens with one attached hydrogen (secondary N) is 1. The van der Waals surface area contributed by atoms with Gasteiger partial charge in [0.15, 0.2) is 11.4 Å². The zero-order chi connectivity index (χ0) is 21.1. The van der Waals surface area contributed by atoms with Crippen molar-refractivity contribution in [1.82, 2.24) is 9.38 Å². The van der Waals surface area contributed by atoms with Crippen LogP contribution in [0, 0.1) is 5.41 Å². The molecule has 1 N–H and O–H groups in total. The summed E-state index contributed by atoms with van der Waals surface area (Å²) < 4.78 is 8.30. The van der Waals surface area contributed by atoms with E-state index in [1.165, 1.54) is 0 Å². The van der Waals surface area contributed by atoms with Gasteiger partial charge in [-0.05, 0) is 49.8 Å². The Morgan fingerprint density at radius 1 is 1.00 bits per heavy atom. The second kappa shape index (κ2) is 8.48. The van der Waals surface area contributed by atoms with E-state index in [4.69, 9.17) is 9.72 Å². The molecule has 3 rings (SSSR count). The Kier molecular flexibility index (Phi) is 6.21. The summed E-state index contributed by atoms with van der Waals surface area (Å²) in [4.78, 5) is 4.97. The second-order valence-corrected chi connectivity index (χ2v) is 9.74. The molecule has 4 heteroatoms. The van der Waals surface area contributed by atoms with Crippen LogP contribution < -0.4 is 10.1 Å². The maximum Gasteiger partial charge on any atom is 0.181 e.